The minimum absolute atomic E-state index is 0.146. The Morgan fingerprint density at radius 2 is 2.10 bits per heavy atom. The first kappa shape index (κ1) is 15.3. The van der Waals surface area contributed by atoms with Crippen LogP contribution in [0.4, 0.5) is 5.69 Å². The third-order valence-electron chi connectivity index (χ3n) is 2.53. The van der Waals surface area contributed by atoms with Gasteiger partial charge < -0.3 is 4.57 Å². The summed E-state index contributed by atoms with van der Waals surface area (Å²) in [6, 6.07) is 4.50. The molecule has 0 amide bonds. The van der Waals surface area contributed by atoms with E-state index in [4.69, 9.17) is 0 Å². The molecule has 2 aromatic heterocycles. The smallest absolute Gasteiger partial charge is 0.272 e. The summed E-state index contributed by atoms with van der Waals surface area (Å²) in [5.41, 5.74) is 0.227. The number of nitrogens with one attached hydrogen (secondary N) is 1. The molecular weight excluding hydrogens is 364 g/mol. The topological polar surface area (TPSA) is 68.2 Å². The number of rotatable bonds is 5. The van der Waals surface area contributed by atoms with Crippen LogP contribution in [0.3, 0.4) is 0 Å². The summed E-state index contributed by atoms with van der Waals surface area (Å²) < 4.78 is 29.1. The average Bonchev–Trinajstić information content (AvgIpc) is 2.80. The zero-order valence-electron chi connectivity index (χ0n) is 10.7. The zero-order chi connectivity index (χ0) is 14.8. The molecule has 0 aliphatic carbocycles. The van der Waals surface area contributed by atoms with Crippen molar-refractivity contribution < 1.29 is 8.42 Å². The Morgan fingerprint density at radius 3 is 2.70 bits per heavy atom. The number of aromatic nitrogens is 1. The molecule has 0 aromatic carbocycles. The number of sulfonamides is 1. The summed E-state index contributed by atoms with van der Waals surface area (Å²) in [7, 11) is -3.64. The molecule has 2 heterocycles. The van der Waals surface area contributed by atoms with Crippen LogP contribution >= 0.6 is 27.3 Å². The molecule has 0 saturated carbocycles. The van der Waals surface area contributed by atoms with Gasteiger partial charge in [0, 0.05) is 23.3 Å². The van der Waals surface area contributed by atoms with Gasteiger partial charge in [0.1, 0.15) is 0 Å². The summed E-state index contributed by atoms with van der Waals surface area (Å²) >= 11 is 4.33. The molecule has 0 aliphatic heterocycles. The molecule has 2 rings (SSSR count). The van der Waals surface area contributed by atoms with E-state index in [0.29, 0.717) is 16.7 Å². The van der Waals surface area contributed by atoms with E-state index in [1.165, 1.54) is 22.9 Å². The van der Waals surface area contributed by atoms with E-state index in [9.17, 15) is 13.2 Å². The van der Waals surface area contributed by atoms with E-state index in [1.54, 1.807) is 11.4 Å². The molecule has 0 bridgehead atoms. The highest BCUT2D eigenvalue weighted by molar-refractivity contribution is 9.10. The molecule has 108 valence electrons. The van der Waals surface area contributed by atoms with Crippen molar-refractivity contribution in [1.82, 2.24) is 4.57 Å². The lowest BCUT2D eigenvalue weighted by molar-refractivity contribution is 0.602. The quantitative estimate of drug-likeness (QED) is 0.871. The zero-order valence-corrected chi connectivity index (χ0v) is 13.9. The Labute approximate surface area is 129 Å². The fourth-order valence-electron chi connectivity index (χ4n) is 1.68. The van der Waals surface area contributed by atoms with Crippen LogP contribution < -0.4 is 10.3 Å². The average molecular weight is 377 g/mol. The number of hydrogen-bond donors (Lipinski definition) is 1. The lowest BCUT2D eigenvalue weighted by atomic mass is 10.4. The highest BCUT2D eigenvalue weighted by Gasteiger charge is 2.19. The van der Waals surface area contributed by atoms with Crippen LogP contribution in [0, 0.1) is 0 Å². The molecule has 2 aromatic rings. The highest BCUT2D eigenvalue weighted by Crippen LogP contribution is 2.29. The van der Waals surface area contributed by atoms with Gasteiger partial charge in [-0.2, -0.15) is 0 Å². The van der Waals surface area contributed by atoms with Gasteiger partial charge in [0.25, 0.3) is 15.6 Å². The Hall–Kier alpha value is -1.12. The Kier molecular flexibility index (Phi) is 4.66. The fourth-order valence-corrected chi connectivity index (χ4v) is 5.06. The van der Waals surface area contributed by atoms with Crippen LogP contribution in [0.25, 0.3) is 0 Å². The fraction of sp³-hybridized carbons (Fsp3) is 0.250. The number of nitrogens with zero attached hydrogens (tertiary/aromatic N) is 1. The maximum atomic E-state index is 12.2. The largest absolute Gasteiger partial charge is 0.313 e. The Bertz CT molecular complexity index is 765. The number of aryl methyl sites for hydroxylation is 1. The molecule has 0 aliphatic rings. The maximum absolute atomic E-state index is 12.2. The molecule has 0 saturated heterocycles. The number of anilines is 1. The summed E-state index contributed by atoms with van der Waals surface area (Å²) in [4.78, 5) is 11.6. The second-order valence-corrected chi connectivity index (χ2v) is 7.76. The minimum Gasteiger partial charge on any atom is -0.313 e. The summed E-state index contributed by atoms with van der Waals surface area (Å²) in [5, 5.41) is 1.69. The van der Waals surface area contributed by atoms with Gasteiger partial charge in [-0.25, -0.2) is 8.42 Å². The van der Waals surface area contributed by atoms with Gasteiger partial charge in [-0.05, 0) is 39.9 Å². The summed E-state index contributed by atoms with van der Waals surface area (Å²) in [5.74, 6) is 0. The molecular formula is C12H13BrN2O3S2. The van der Waals surface area contributed by atoms with Gasteiger partial charge in [-0.15, -0.1) is 11.3 Å². The maximum Gasteiger partial charge on any atom is 0.272 e. The van der Waals surface area contributed by atoms with Gasteiger partial charge >= 0.3 is 0 Å². The van der Waals surface area contributed by atoms with Crippen molar-refractivity contribution in [3.63, 3.8) is 0 Å². The van der Waals surface area contributed by atoms with Crippen molar-refractivity contribution in [2.75, 3.05) is 4.72 Å². The van der Waals surface area contributed by atoms with E-state index < -0.39 is 10.0 Å². The van der Waals surface area contributed by atoms with E-state index in [0.717, 1.165) is 17.8 Å². The van der Waals surface area contributed by atoms with Gasteiger partial charge in [0.2, 0.25) is 0 Å². The standard InChI is InChI=1S/C12H13BrN2O3S2/c1-2-6-15-8-9(3-4-11(15)16)14-20(17,18)12-10(13)5-7-19-12/h3-5,7-8,14H,2,6H2,1H3. The second-order valence-electron chi connectivity index (χ2n) is 4.11. The first-order valence-electron chi connectivity index (χ1n) is 5.90. The van der Waals surface area contributed by atoms with Gasteiger partial charge in [0.05, 0.1) is 5.69 Å². The van der Waals surface area contributed by atoms with Crippen LogP contribution in [-0.2, 0) is 16.6 Å². The van der Waals surface area contributed by atoms with Crippen molar-refractivity contribution >= 4 is 43.0 Å². The van der Waals surface area contributed by atoms with Gasteiger partial charge in [-0.1, -0.05) is 6.92 Å². The Balaban J connectivity index is 2.33. The van der Waals surface area contributed by atoms with Crippen molar-refractivity contribution in [3.05, 3.63) is 44.6 Å². The van der Waals surface area contributed by atoms with Crippen LogP contribution in [0.15, 0.2) is 43.3 Å². The van der Waals surface area contributed by atoms with Gasteiger partial charge in [0.15, 0.2) is 4.21 Å². The second kappa shape index (κ2) is 6.11. The Morgan fingerprint density at radius 1 is 1.35 bits per heavy atom. The molecule has 8 heteroatoms. The number of hydrogen-bond acceptors (Lipinski definition) is 4. The molecule has 5 nitrogen and oxygen atoms in total. The van der Waals surface area contributed by atoms with E-state index in [2.05, 4.69) is 20.7 Å². The van der Waals surface area contributed by atoms with E-state index >= 15 is 0 Å². The molecule has 0 atom stereocenters. The monoisotopic (exact) mass is 376 g/mol. The highest BCUT2D eigenvalue weighted by atomic mass is 79.9. The molecule has 1 N–H and O–H groups in total. The predicted octanol–water partition coefficient (Wildman–Crippen LogP) is 2.88. The normalized spacial score (nSPS) is 11.5. The van der Waals surface area contributed by atoms with Crippen LogP contribution in [0.5, 0.6) is 0 Å². The third-order valence-corrected chi connectivity index (χ3v) is 6.58. The number of thiophene rings is 1. The predicted molar refractivity (Wildman–Crippen MR) is 83.8 cm³/mol. The van der Waals surface area contributed by atoms with Crippen molar-refractivity contribution in [2.24, 2.45) is 0 Å². The van der Waals surface area contributed by atoms with Crippen molar-refractivity contribution in [3.8, 4) is 0 Å². The van der Waals surface area contributed by atoms with E-state index in [1.807, 2.05) is 6.92 Å². The van der Waals surface area contributed by atoms with Crippen molar-refractivity contribution in [1.29, 1.82) is 0 Å². The number of halogens is 1. The molecule has 0 radical (unpaired) electrons. The summed E-state index contributed by atoms with van der Waals surface area (Å²) in [6.07, 6.45) is 2.32. The van der Waals surface area contributed by atoms with E-state index in [-0.39, 0.29) is 9.77 Å². The SMILES string of the molecule is CCCn1cc(NS(=O)(=O)c2sccc2Br)ccc1=O. The molecule has 0 fully saturated rings. The summed E-state index contributed by atoms with van der Waals surface area (Å²) in [6.45, 7) is 2.50. The van der Waals surface area contributed by atoms with Crippen LogP contribution in [0.2, 0.25) is 0 Å². The molecule has 20 heavy (non-hydrogen) atoms. The lowest BCUT2D eigenvalue weighted by Gasteiger charge is -2.09. The first-order chi connectivity index (χ1) is 9.44. The minimum atomic E-state index is -3.64. The van der Waals surface area contributed by atoms with Crippen LogP contribution in [-0.4, -0.2) is 13.0 Å². The van der Waals surface area contributed by atoms with Crippen molar-refractivity contribution in [2.45, 2.75) is 24.1 Å². The number of pyridine rings is 1. The molecule has 0 spiro atoms. The first-order valence-corrected chi connectivity index (χ1v) is 9.06. The lowest BCUT2D eigenvalue weighted by Crippen LogP contribution is -2.20. The van der Waals surface area contributed by atoms with Crippen LogP contribution in [0.1, 0.15) is 13.3 Å². The van der Waals surface area contributed by atoms with Gasteiger partial charge in [-0.3, -0.25) is 9.52 Å². The molecule has 0 unspecified atom stereocenters. The third kappa shape index (κ3) is 3.31.